The predicted octanol–water partition coefficient (Wildman–Crippen LogP) is 3.19. The fraction of sp³-hybridized carbons (Fsp3) is 0.0769. The first-order valence-electron chi connectivity index (χ1n) is 5.57. The number of nitrogens with zero attached hydrogens (tertiary/aromatic N) is 1. The Hall–Kier alpha value is -2.15. The average molecular weight is 297 g/mol. The molecular formula is C13H10F3N3S. The highest BCUT2D eigenvalue weighted by Crippen LogP contribution is 2.24. The summed E-state index contributed by atoms with van der Waals surface area (Å²) in [5.74, 6) is -3.19. The van der Waals surface area contributed by atoms with Crippen LogP contribution in [0.1, 0.15) is 11.3 Å². The highest BCUT2D eigenvalue weighted by molar-refractivity contribution is 7.80. The lowest BCUT2D eigenvalue weighted by atomic mass is 10.2. The van der Waals surface area contributed by atoms with E-state index < -0.39 is 17.5 Å². The van der Waals surface area contributed by atoms with Gasteiger partial charge in [-0.25, -0.2) is 18.2 Å². The summed E-state index contributed by atoms with van der Waals surface area (Å²) < 4.78 is 39.6. The van der Waals surface area contributed by atoms with Crippen LogP contribution in [0.3, 0.4) is 0 Å². The van der Waals surface area contributed by atoms with Crippen LogP contribution in [0.15, 0.2) is 24.3 Å². The monoisotopic (exact) mass is 297 g/mol. The van der Waals surface area contributed by atoms with Gasteiger partial charge in [0.1, 0.15) is 16.6 Å². The van der Waals surface area contributed by atoms with Crippen molar-refractivity contribution in [3.8, 4) is 0 Å². The number of thiocarbonyl (C=S) groups is 1. The van der Waals surface area contributed by atoms with E-state index in [4.69, 9.17) is 18.0 Å². The van der Waals surface area contributed by atoms with Crippen molar-refractivity contribution in [1.29, 1.82) is 0 Å². The van der Waals surface area contributed by atoms with Crippen LogP contribution in [0.25, 0.3) is 0 Å². The van der Waals surface area contributed by atoms with Crippen LogP contribution in [0, 0.1) is 24.4 Å². The van der Waals surface area contributed by atoms with E-state index in [2.05, 4.69) is 10.3 Å². The second-order valence-corrected chi connectivity index (χ2v) is 4.52. The van der Waals surface area contributed by atoms with Gasteiger partial charge >= 0.3 is 0 Å². The lowest BCUT2D eigenvalue weighted by Gasteiger charge is -2.12. The molecule has 104 valence electrons. The van der Waals surface area contributed by atoms with Crippen molar-refractivity contribution in [2.75, 3.05) is 5.32 Å². The number of halogens is 3. The van der Waals surface area contributed by atoms with Crippen LogP contribution in [-0.4, -0.2) is 9.97 Å². The second-order valence-electron chi connectivity index (χ2n) is 4.08. The van der Waals surface area contributed by atoms with Gasteiger partial charge in [0, 0.05) is 17.8 Å². The van der Waals surface area contributed by atoms with Gasteiger partial charge in [0.15, 0.2) is 11.6 Å². The van der Waals surface area contributed by atoms with Gasteiger partial charge in [0.2, 0.25) is 0 Å². The standard InChI is InChI=1S/C13H10F3N3S/c1-6-2-3-7(12(17)20)13(18-6)19-11-5-9(15)8(14)4-10(11)16/h2-5H,1H3,(H2,17,20)(H,18,19). The number of aromatic nitrogens is 1. The summed E-state index contributed by atoms with van der Waals surface area (Å²) in [6.45, 7) is 1.72. The van der Waals surface area contributed by atoms with Crippen LogP contribution in [0.4, 0.5) is 24.7 Å². The minimum Gasteiger partial charge on any atom is -0.389 e. The summed E-state index contributed by atoms with van der Waals surface area (Å²) in [6.07, 6.45) is 0. The quantitative estimate of drug-likeness (QED) is 0.675. The van der Waals surface area contributed by atoms with E-state index in [0.29, 0.717) is 23.4 Å². The lowest BCUT2D eigenvalue weighted by Crippen LogP contribution is -2.13. The Labute approximate surface area is 118 Å². The van der Waals surface area contributed by atoms with Crippen molar-refractivity contribution in [3.63, 3.8) is 0 Å². The SMILES string of the molecule is Cc1ccc(C(N)=S)c(Nc2cc(F)c(F)cc2F)n1. The fourth-order valence-electron chi connectivity index (χ4n) is 1.60. The maximum Gasteiger partial charge on any atom is 0.161 e. The topological polar surface area (TPSA) is 50.9 Å². The second kappa shape index (κ2) is 5.46. The molecular weight excluding hydrogens is 287 g/mol. The number of hydrogen-bond acceptors (Lipinski definition) is 3. The largest absolute Gasteiger partial charge is 0.389 e. The zero-order chi connectivity index (χ0) is 14.9. The fourth-order valence-corrected chi connectivity index (χ4v) is 1.76. The molecule has 1 aromatic heterocycles. The average Bonchev–Trinajstić information content (AvgIpc) is 2.35. The van der Waals surface area contributed by atoms with Gasteiger partial charge in [-0.1, -0.05) is 12.2 Å². The molecule has 0 aliphatic heterocycles. The third-order valence-electron chi connectivity index (χ3n) is 2.56. The number of rotatable bonds is 3. The van der Waals surface area contributed by atoms with Crippen LogP contribution in [-0.2, 0) is 0 Å². The first-order valence-corrected chi connectivity index (χ1v) is 5.98. The smallest absolute Gasteiger partial charge is 0.161 e. The molecule has 0 radical (unpaired) electrons. The van der Waals surface area contributed by atoms with E-state index in [0.717, 1.165) is 0 Å². The van der Waals surface area contributed by atoms with Crippen LogP contribution >= 0.6 is 12.2 Å². The molecule has 3 N–H and O–H groups in total. The zero-order valence-corrected chi connectivity index (χ0v) is 11.2. The number of nitrogens with one attached hydrogen (secondary N) is 1. The van der Waals surface area contributed by atoms with Crippen LogP contribution < -0.4 is 11.1 Å². The molecule has 3 nitrogen and oxygen atoms in total. The molecule has 0 aliphatic carbocycles. The van der Waals surface area contributed by atoms with E-state index in [1.54, 1.807) is 19.1 Å². The van der Waals surface area contributed by atoms with Crippen molar-refractivity contribution in [3.05, 3.63) is 53.0 Å². The van der Waals surface area contributed by atoms with Gasteiger partial charge in [0.25, 0.3) is 0 Å². The Balaban J connectivity index is 2.47. The lowest BCUT2D eigenvalue weighted by molar-refractivity contribution is 0.496. The van der Waals surface area contributed by atoms with E-state index in [-0.39, 0.29) is 16.5 Å². The van der Waals surface area contributed by atoms with Gasteiger partial charge in [-0.05, 0) is 19.1 Å². The molecule has 1 aromatic carbocycles. The molecule has 0 aliphatic rings. The van der Waals surface area contributed by atoms with Crippen molar-refractivity contribution >= 4 is 28.7 Å². The van der Waals surface area contributed by atoms with Gasteiger partial charge in [-0.15, -0.1) is 0 Å². The van der Waals surface area contributed by atoms with Crippen molar-refractivity contribution in [1.82, 2.24) is 4.98 Å². The molecule has 0 atom stereocenters. The Morgan fingerprint density at radius 1 is 1.15 bits per heavy atom. The van der Waals surface area contributed by atoms with Crippen molar-refractivity contribution < 1.29 is 13.2 Å². The summed E-state index contributed by atoms with van der Waals surface area (Å²) in [6, 6.07) is 4.46. The molecule has 1 heterocycles. The highest BCUT2D eigenvalue weighted by atomic mass is 32.1. The minimum absolute atomic E-state index is 0.0583. The summed E-state index contributed by atoms with van der Waals surface area (Å²) in [7, 11) is 0. The van der Waals surface area contributed by atoms with Crippen LogP contribution in [0.2, 0.25) is 0 Å². The first-order chi connectivity index (χ1) is 9.38. The highest BCUT2D eigenvalue weighted by Gasteiger charge is 2.13. The first kappa shape index (κ1) is 14.3. The Kier molecular flexibility index (Phi) is 3.89. The molecule has 0 saturated carbocycles. The third-order valence-corrected chi connectivity index (χ3v) is 2.78. The summed E-state index contributed by atoms with van der Waals surface area (Å²) in [5, 5.41) is 2.57. The van der Waals surface area contributed by atoms with E-state index >= 15 is 0 Å². The normalized spacial score (nSPS) is 10.4. The zero-order valence-electron chi connectivity index (χ0n) is 10.4. The van der Waals surface area contributed by atoms with Gasteiger partial charge < -0.3 is 11.1 Å². The van der Waals surface area contributed by atoms with E-state index in [9.17, 15) is 13.2 Å². The predicted molar refractivity (Wildman–Crippen MR) is 74.5 cm³/mol. The van der Waals surface area contributed by atoms with Gasteiger partial charge in [0.05, 0.1) is 11.3 Å². The van der Waals surface area contributed by atoms with Crippen molar-refractivity contribution in [2.24, 2.45) is 5.73 Å². The summed E-state index contributed by atoms with van der Waals surface area (Å²) in [5.41, 5.74) is 6.30. The van der Waals surface area contributed by atoms with E-state index in [1.165, 1.54) is 0 Å². The molecule has 0 saturated heterocycles. The van der Waals surface area contributed by atoms with Crippen LogP contribution in [0.5, 0.6) is 0 Å². The molecule has 2 rings (SSSR count). The Morgan fingerprint density at radius 2 is 1.80 bits per heavy atom. The summed E-state index contributed by atoms with van der Waals surface area (Å²) in [4.78, 5) is 4.18. The van der Waals surface area contributed by atoms with E-state index in [1.807, 2.05) is 0 Å². The molecule has 2 aromatic rings. The molecule has 0 spiro atoms. The molecule has 7 heteroatoms. The van der Waals surface area contributed by atoms with Gasteiger partial charge in [-0.2, -0.15) is 0 Å². The summed E-state index contributed by atoms with van der Waals surface area (Å²) >= 11 is 4.86. The number of anilines is 2. The number of pyridine rings is 1. The number of aryl methyl sites for hydroxylation is 1. The third kappa shape index (κ3) is 2.88. The molecule has 0 bridgehead atoms. The van der Waals surface area contributed by atoms with Crippen molar-refractivity contribution in [2.45, 2.75) is 6.92 Å². The Morgan fingerprint density at radius 3 is 2.45 bits per heavy atom. The molecule has 0 unspecified atom stereocenters. The van der Waals surface area contributed by atoms with Gasteiger partial charge in [-0.3, -0.25) is 0 Å². The molecule has 20 heavy (non-hydrogen) atoms. The number of nitrogens with two attached hydrogens (primary N) is 1. The Bertz CT molecular complexity index is 689. The maximum absolute atomic E-state index is 13.6. The number of hydrogen-bond donors (Lipinski definition) is 2. The molecule has 0 amide bonds. The molecule has 0 fully saturated rings. The maximum atomic E-state index is 13.6. The minimum atomic E-state index is -1.26. The number of benzene rings is 1.